The zero-order valence-corrected chi connectivity index (χ0v) is 25.8. The summed E-state index contributed by atoms with van der Waals surface area (Å²) < 4.78 is 4.66. The molecule has 7 aromatic carbocycles. The van der Waals surface area contributed by atoms with E-state index in [1.54, 1.807) is 0 Å². The van der Waals surface area contributed by atoms with E-state index in [1.165, 1.54) is 54.6 Å². The SMILES string of the molecule is c1cc(-c2ccc3c4ccccc4c4nc5ccccc5n4c3c2)cc(-c2ccc3c4ccccc4c4nc5ccccc5n4c3c2)c1. The van der Waals surface area contributed by atoms with Crippen molar-refractivity contribution in [3.63, 3.8) is 0 Å². The highest BCUT2D eigenvalue weighted by Crippen LogP contribution is 2.37. The lowest BCUT2D eigenvalue weighted by Crippen LogP contribution is -1.93. The van der Waals surface area contributed by atoms with E-state index in [2.05, 4.69) is 167 Å². The zero-order chi connectivity index (χ0) is 31.3. The lowest BCUT2D eigenvalue weighted by atomic mass is 9.96. The molecule has 0 saturated carbocycles. The number of imidazole rings is 2. The van der Waals surface area contributed by atoms with Gasteiger partial charge in [0.15, 0.2) is 0 Å². The minimum atomic E-state index is 0.993. The van der Waals surface area contributed by atoms with Crippen molar-refractivity contribution in [3.05, 3.63) is 158 Å². The summed E-state index contributed by atoms with van der Waals surface area (Å²) >= 11 is 0. The Bertz CT molecular complexity index is 2920. The molecule has 0 radical (unpaired) electrons. The number of hydrogen-bond acceptors (Lipinski definition) is 2. The summed E-state index contributed by atoms with van der Waals surface area (Å²) in [5, 5.41) is 7.22. The van der Waals surface area contributed by atoms with Crippen LogP contribution in [0.3, 0.4) is 0 Å². The van der Waals surface area contributed by atoms with Crippen molar-refractivity contribution < 1.29 is 0 Å². The molecule has 4 heteroatoms. The molecular formula is C44H26N4. The maximum atomic E-state index is 5.09. The van der Waals surface area contributed by atoms with Gasteiger partial charge in [0.25, 0.3) is 0 Å². The summed E-state index contributed by atoms with van der Waals surface area (Å²) in [5.74, 6) is 0. The van der Waals surface area contributed by atoms with Gasteiger partial charge in [-0.2, -0.15) is 0 Å². The topological polar surface area (TPSA) is 34.6 Å². The highest BCUT2D eigenvalue weighted by atomic mass is 15.0. The van der Waals surface area contributed by atoms with Crippen LogP contribution in [0.25, 0.3) is 99.0 Å². The van der Waals surface area contributed by atoms with Crippen LogP contribution in [0.15, 0.2) is 158 Å². The second-order valence-corrected chi connectivity index (χ2v) is 12.7. The van der Waals surface area contributed by atoms with Gasteiger partial charge in [-0.3, -0.25) is 8.80 Å². The molecule has 0 spiro atoms. The van der Waals surface area contributed by atoms with Crippen LogP contribution in [0, 0.1) is 0 Å². The van der Waals surface area contributed by atoms with E-state index in [0.717, 1.165) is 44.4 Å². The van der Waals surface area contributed by atoms with Crippen LogP contribution in [0.5, 0.6) is 0 Å². The van der Waals surface area contributed by atoms with Crippen LogP contribution in [0.2, 0.25) is 0 Å². The van der Waals surface area contributed by atoms with Crippen LogP contribution in [-0.2, 0) is 0 Å². The Hall–Kier alpha value is -6.52. The predicted molar refractivity (Wildman–Crippen MR) is 200 cm³/mol. The van der Waals surface area contributed by atoms with Gasteiger partial charge in [-0.15, -0.1) is 0 Å². The van der Waals surface area contributed by atoms with Crippen molar-refractivity contribution >= 4 is 76.7 Å². The fraction of sp³-hybridized carbons (Fsp3) is 0. The fourth-order valence-electron chi connectivity index (χ4n) is 7.85. The molecule has 11 aromatic rings. The molecule has 4 aromatic heterocycles. The molecule has 48 heavy (non-hydrogen) atoms. The second-order valence-electron chi connectivity index (χ2n) is 12.7. The van der Waals surface area contributed by atoms with Crippen molar-refractivity contribution in [2.75, 3.05) is 0 Å². The zero-order valence-electron chi connectivity index (χ0n) is 25.8. The average molecular weight is 611 g/mol. The molecule has 0 N–H and O–H groups in total. The molecule has 4 nitrogen and oxygen atoms in total. The maximum absolute atomic E-state index is 5.09. The maximum Gasteiger partial charge on any atom is 0.146 e. The highest BCUT2D eigenvalue weighted by molar-refractivity contribution is 6.15. The summed E-state index contributed by atoms with van der Waals surface area (Å²) in [5.41, 5.74) is 13.3. The standard InChI is InChI=1S/C44H26N4/c1-3-14-35-31(12-1)33-22-20-29(25-41(33)47-39-18-7-5-16-37(39)45-43(35)47)27-10-9-11-28(24-27)30-21-23-34-32-13-2-4-15-36(32)44-46-38-17-6-8-19-40(38)48(44)42(34)26-30/h1-26H. The lowest BCUT2D eigenvalue weighted by molar-refractivity contribution is 1.31. The summed E-state index contributed by atoms with van der Waals surface area (Å²) in [7, 11) is 0. The molecule has 0 saturated heterocycles. The van der Waals surface area contributed by atoms with Crippen molar-refractivity contribution in [2.45, 2.75) is 0 Å². The molecule has 0 aliphatic heterocycles. The first-order valence-electron chi connectivity index (χ1n) is 16.3. The number of benzene rings is 7. The minimum Gasteiger partial charge on any atom is -0.292 e. The summed E-state index contributed by atoms with van der Waals surface area (Å²) in [6.07, 6.45) is 0. The Labute approximate surface area is 274 Å². The number of fused-ring (bicyclic) bond motifs is 16. The van der Waals surface area contributed by atoms with E-state index in [4.69, 9.17) is 9.97 Å². The second kappa shape index (κ2) is 9.50. The van der Waals surface area contributed by atoms with Crippen molar-refractivity contribution in [1.29, 1.82) is 0 Å². The number of nitrogens with zero attached hydrogens (tertiary/aromatic N) is 4. The van der Waals surface area contributed by atoms with Gasteiger partial charge in [0, 0.05) is 21.5 Å². The largest absolute Gasteiger partial charge is 0.292 e. The summed E-state index contributed by atoms with van der Waals surface area (Å²) in [6.45, 7) is 0. The predicted octanol–water partition coefficient (Wildman–Crippen LogP) is 11.2. The van der Waals surface area contributed by atoms with Gasteiger partial charge >= 0.3 is 0 Å². The molecule has 11 rings (SSSR count). The van der Waals surface area contributed by atoms with Crippen molar-refractivity contribution in [3.8, 4) is 22.3 Å². The molecule has 0 atom stereocenters. The lowest BCUT2D eigenvalue weighted by Gasteiger charge is -2.13. The highest BCUT2D eigenvalue weighted by Gasteiger charge is 2.16. The summed E-state index contributed by atoms with van der Waals surface area (Å²) in [6, 6.07) is 56.7. The van der Waals surface area contributed by atoms with Gasteiger partial charge in [-0.05, 0) is 75.5 Å². The average Bonchev–Trinajstić information content (AvgIpc) is 3.75. The molecule has 0 amide bonds. The molecule has 0 fully saturated rings. The molecule has 0 bridgehead atoms. The Morgan fingerprint density at radius 3 is 1.21 bits per heavy atom. The van der Waals surface area contributed by atoms with E-state index < -0.39 is 0 Å². The van der Waals surface area contributed by atoms with E-state index in [9.17, 15) is 0 Å². The minimum absolute atomic E-state index is 0.993. The molecule has 0 aliphatic carbocycles. The van der Waals surface area contributed by atoms with Crippen molar-refractivity contribution in [1.82, 2.24) is 18.8 Å². The van der Waals surface area contributed by atoms with Gasteiger partial charge in [0.05, 0.1) is 33.1 Å². The number of para-hydroxylation sites is 4. The van der Waals surface area contributed by atoms with Crippen LogP contribution in [-0.4, -0.2) is 18.8 Å². The van der Waals surface area contributed by atoms with Crippen LogP contribution >= 0.6 is 0 Å². The Balaban J connectivity index is 1.13. The third kappa shape index (κ3) is 3.49. The van der Waals surface area contributed by atoms with Gasteiger partial charge in [-0.1, -0.05) is 115 Å². The van der Waals surface area contributed by atoms with Crippen LogP contribution in [0.4, 0.5) is 0 Å². The van der Waals surface area contributed by atoms with Gasteiger partial charge in [0.2, 0.25) is 0 Å². The first kappa shape index (κ1) is 25.6. The van der Waals surface area contributed by atoms with E-state index in [-0.39, 0.29) is 0 Å². The van der Waals surface area contributed by atoms with Crippen molar-refractivity contribution in [2.24, 2.45) is 0 Å². The van der Waals surface area contributed by atoms with Gasteiger partial charge in [-0.25, -0.2) is 9.97 Å². The van der Waals surface area contributed by atoms with Crippen LogP contribution in [0.1, 0.15) is 0 Å². The van der Waals surface area contributed by atoms with E-state index in [0.29, 0.717) is 0 Å². The molecular weight excluding hydrogens is 585 g/mol. The Kier molecular flexibility index (Phi) is 5.08. The Morgan fingerprint density at radius 1 is 0.292 bits per heavy atom. The monoisotopic (exact) mass is 610 g/mol. The molecule has 0 aliphatic rings. The molecule has 4 heterocycles. The molecule has 0 unspecified atom stereocenters. The van der Waals surface area contributed by atoms with Gasteiger partial charge in [0.1, 0.15) is 11.3 Å². The first-order valence-corrected chi connectivity index (χ1v) is 16.3. The number of hydrogen-bond donors (Lipinski definition) is 0. The number of rotatable bonds is 2. The third-order valence-corrected chi connectivity index (χ3v) is 10.0. The first-order chi connectivity index (χ1) is 23.8. The normalized spacial score (nSPS) is 12.2. The van der Waals surface area contributed by atoms with E-state index >= 15 is 0 Å². The third-order valence-electron chi connectivity index (χ3n) is 10.0. The summed E-state index contributed by atoms with van der Waals surface area (Å²) in [4.78, 5) is 10.2. The number of aromatic nitrogens is 4. The number of pyridine rings is 2. The quantitative estimate of drug-likeness (QED) is 0.183. The fourth-order valence-corrected chi connectivity index (χ4v) is 7.85. The van der Waals surface area contributed by atoms with Crippen LogP contribution < -0.4 is 0 Å². The molecule has 222 valence electrons. The van der Waals surface area contributed by atoms with Gasteiger partial charge < -0.3 is 0 Å². The smallest absolute Gasteiger partial charge is 0.146 e. The Morgan fingerprint density at radius 2 is 0.708 bits per heavy atom. The van der Waals surface area contributed by atoms with E-state index in [1.807, 2.05) is 0 Å².